The summed E-state index contributed by atoms with van der Waals surface area (Å²) in [6.07, 6.45) is -0.747. The maximum atomic E-state index is 13.1. The second-order valence-electron chi connectivity index (χ2n) is 3.91. The van der Waals surface area contributed by atoms with Crippen molar-refractivity contribution in [3.8, 4) is 0 Å². The molecule has 0 amide bonds. The van der Waals surface area contributed by atoms with Crippen LogP contribution in [0.2, 0.25) is 0 Å². The summed E-state index contributed by atoms with van der Waals surface area (Å²) in [6.45, 7) is 1.59. The van der Waals surface area contributed by atoms with Crippen LogP contribution < -0.4 is 0 Å². The highest BCUT2D eigenvalue weighted by atomic mass is 32.2. The van der Waals surface area contributed by atoms with Gasteiger partial charge < -0.3 is 5.11 Å². The van der Waals surface area contributed by atoms with Gasteiger partial charge >= 0.3 is 0 Å². The monoisotopic (exact) mass is 266 g/mol. The molecule has 0 aliphatic rings. The molecule has 18 heavy (non-hydrogen) atoms. The van der Waals surface area contributed by atoms with Crippen LogP contribution in [0.5, 0.6) is 0 Å². The van der Waals surface area contributed by atoms with E-state index >= 15 is 0 Å². The summed E-state index contributed by atoms with van der Waals surface area (Å²) in [5.74, 6) is -0.677. The molecule has 0 spiro atoms. The fraction of sp³-hybridized carbons (Fsp3) is 0.143. The van der Waals surface area contributed by atoms with Crippen LogP contribution in [0.25, 0.3) is 0 Å². The molecule has 94 valence electrons. The van der Waals surface area contributed by atoms with E-state index in [1.807, 2.05) is 0 Å². The number of benzene rings is 2. The van der Waals surface area contributed by atoms with Gasteiger partial charge in [0, 0.05) is 9.79 Å². The van der Waals surface area contributed by atoms with Crippen molar-refractivity contribution in [1.29, 1.82) is 0 Å². The fourth-order valence-corrected chi connectivity index (χ4v) is 2.58. The summed E-state index contributed by atoms with van der Waals surface area (Å²) < 4.78 is 25.9. The minimum absolute atomic E-state index is 0.297. The first-order valence-corrected chi connectivity index (χ1v) is 6.29. The van der Waals surface area contributed by atoms with Crippen LogP contribution >= 0.6 is 11.8 Å². The van der Waals surface area contributed by atoms with Crippen LogP contribution in [0, 0.1) is 11.6 Å². The highest BCUT2D eigenvalue weighted by Gasteiger charge is 2.10. The van der Waals surface area contributed by atoms with Crippen molar-refractivity contribution in [2.24, 2.45) is 0 Å². The molecule has 0 heterocycles. The smallest absolute Gasteiger partial charge is 0.123 e. The topological polar surface area (TPSA) is 20.2 Å². The van der Waals surface area contributed by atoms with E-state index in [4.69, 9.17) is 0 Å². The van der Waals surface area contributed by atoms with E-state index in [1.54, 1.807) is 25.1 Å². The number of hydrogen-bond donors (Lipinski definition) is 1. The highest BCUT2D eigenvalue weighted by molar-refractivity contribution is 7.99. The van der Waals surface area contributed by atoms with Gasteiger partial charge in [0.15, 0.2) is 0 Å². The number of aliphatic hydroxyl groups excluding tert-OH is 1. The van der Waals surface area contributed by atoms with Gasteiger partial charge in [-0.1, -0.05) is 11.8 Å². The molecule has 0 aromatic heterocycles. The van der Waals surface area contributed by atoms with Crippen LogP contribution in [-0.2, 0) is 0 Å². The predicted octanol–water partition coefficient (Wildman–Crippen LogP) is 4.17. The van der Waals surface area contributed by atoms with E-state index in [2.05, 4.69) is 0 Å². The lowest BCUT2D eigenvalue weighted by molar-refractivity contribution is 0.196. The number of rotatable bonds is 3. The lowest BCUT2D eigenvalue weighted by atomic mass is 10.1. The Kier molecular flexibility index (Phi) is 3.99. The first-order valence-electron chi connectivity index (χ1n) is 5.47. The third kappa shape index (κ3) is 3.09. The van der Waals surface area contributed by atoms with Gasteiger partial charge in [-0.25, -0.2) is 8.78 Å². The van der Waals surface area contributed by atoms with Gasteiger partial charge in [-0.2, -0.15) is 0 Å². The standard InChI is InChI=1S/C14H12F2OS/c1-9(17)13-8-11(16)4-7-14(13)18-12-5-2-10(15)3-6-12/h2-9,17H,1H3/t9-/m0/s1. The Morgan fingerprint density at radius 3 is 2.22 bits per heavy atom. The van der Waals surface area contributed by atoms with Crippen molar-refractivity contribution in [3.63, 3.8) is 0 Å². The molecule has 1 atom stereocenters. The Balaban J connectivity index is 2.31. The van der Waals surface area contributed by atoms with E-state index in [9.17, 15) is 13.9 Å². The van der Waals surface area contributed by atoms with Crippen molar-refractivity contribution >= 4 is 11.8 Å². The Hall–Kier alpha value is -1.39. The predicted molar refractivity (Wildman–Crippen MR) is 67.6 cm³/mol. The quantitative estimate of drug-likeness (QED) is 0.899. The molecule has 1 nitrogen and oxygen atoms in total. The maximum absolute atomic E-state index is 13.1. The minimum atomic E-state index is -0.747. The first kappa shape index (κ1) is 13.1. The fourth-order valence-electron chi connectivity index (χ4n) is 1.57. The van der Waals surface area contributed by atoms with Crippen LogP contribution in [0.1, 0.15) is 18.6 Å². The molecule has 0 aliphatic carbocycles. The second-order valence-corrected chi connectivity index (χ2v) is 5.03. The van der Waals surface area contributed by atoms with E-state index in [-0.39, 0.29) is 11.6 Å². The van der Waals surface area contributed by atoms with Crippen LogP contribution in [-0.4, -0.2) is 5.11 Å². The molecular weight excluding hydrogens is 254 g/mol. The SMILES string of the molecule is C[C@H](O)c1cc(F)ccc1Sc1ccc(F)cc1. The van der Waals surface area contributed by atoms with Gasteiger partial charge in [-0.15, -0.1) is 0 Å². The summed E-state index contributed by atoms with van der Waals surface area (Å²) in [6, 6.07) is 10.3. The van der Waals surface area contributed by atoms with Crippen LogP contribution in [0.15, 0.2) is 52.3 Å². The van der Waals surface area contributed by atoms with Gasteiger partial charge in [-0.05, 0) is 55.0 Å². The third-order valence-electron chi connectivity index (χ3n) is 2.46. The Morgan fingerprint density at radius 1 is 1.00 bits per heavy atom. The summed E-state index contributed by atoms with van der Waals surface area (Å²) in [4.78, 5) is 1.60. The summed E-state index contributed by atoms with van der Waals surface area (Å²) in [7, 11) is 0. The average Bonchev–Trinajstić information content (AvgIpc) is 2.34. The van der Waals surface area contributed by atoms with Crippen molar-refractivity contribution < 1.29 is 13.9 Å². The molecule has 2 aromatic carbocycles. The zero-order chi connectivity index (χ0) is 13.1. The molecular formula is C14H12F2OS. The molecule has 0 aliphatic heterocycles. The van der Waals surface area contributed by atoms with Gasteiger partial charge in [0.05, 0.1) is 6.10 Å². The second kappa shape index (κ2) is 5.50. The van der Waals surface area contributed by atoms with Gasteiger partial charge in [0.25, 0.3) is 0 Å². The molecule has 4 heteroatoms. The summed E-state index contributed by atoms with van der Waals surface area (Å²) in [5.41, 5.74) is 0.532. The molecule has 0 fully saturated rings. The molecule has 0 saturated heterocycles. The number of aliphatic hydroxyl groups is 1. The Labute approximate surface area is 108 Å². The average molecular weight is 266 g/mol. The molecule has 0 radical (unpaired) electrons. The van der Waals surface area contributed by atoms with Gasteiger partial charge in [-0.3, -0.25) is 0 Å². The molecule has 2 aromatic rings. The molecule has 0 unspecified atom stereocenters. The summed E-state index contributed by atoms with van der Waals surface area (Å²) >= 11 is 1.37. The highest BCUT2D eigenvalue weighted by Crippen LogP contribution is 2.33. The third-order valence-corrected chi connectivity index (χ3v) is 3.56. The molecule has 0 bridgehead atoms. The zero-order valence-electron chi connectivity index (χ0n) is 9.73. The van der Waals surface area contributed by atoms with Crippen LogP contribution in [0.3, 0.4) is 0 Å². The number of halogens is 2. The Morgan fingerprint density at radius 2 is 1.61 bits per heavy atom. The van der Waals surface area contributed by atoms with Gasteiger partial charge in [0.2, 0.25) is 0 Å². The van der Waals surface area contributed by atoms with E-state index in [0.29, 0.717) is 5.56 Å². The maximum Gasteiger partial charge on any atom is 0.123 e. The van der Waals surface area contributed by atoms with Crippen LogP contribution in [0.4, 0.5) is 8.78 Å². The number of hydrogen-bond acceptors (Lipinski definition) is 2. The molecule has 1 N–H and O–H groups in total. The largest absolute Gasteiger partial charge is 0.389 e. The van der Waals surface area contributed by atoms with E-state index in [1.165, 1.54) is 36.0 Å². The molecule has 2 rings (SSSR count). The van der Waals surface area contributed by atoms with E-state index in [0.717, 1.165) is 9.79 Å². The van der Waals surface area contributed by atoms with Crippen molar-refractivity contribution in [2.75, 3.05) is 0 Å². The lowest BCUT2D eigenvalue weighted by Crippen LogP contribution is -1.95. The van der Waals surface area contributed by atoms with Crippen molar-refractivity contribution in [3.05, 3.63) is 59.7 Å². The van der Waals surface area contributed by atoms with E-state index < -0.39 is 6.10 Å². The van der Waals surface area contributed by atoms with Crippen molar-refractivity contribution in [2.45, 2.75) is 22.8 Å². The summed E-state index contributed by atoms with van der Waals surface area (Å²) in [5, 5.41) is 9.61. The lowest BCUT2D eigenvalue weighted by Gasteiger charge is -2.11. The zero-order valence-corrected chi connectivity index (χ0v) is 10.5. The normalized spacial score (nSPS) is 12.4. The van der Waals surface area contributed by atoms with Gasteiger partial charge in [0.1, 0.15) is 11.6 Å². The molecule has 0 saturated carbocycles. The minimum Gasteiger partial charge on any atom is -0.389 e. The van der Waals surface area contributed by atoms with Crippen molar-refractivity contribution in [1.82, 2.24) is 0 Å². The first-order chi connectivity index (χ1) is 8.56. The Bertz CT molecular complexity index is 538.